The predicted octanol–water partition coefficient (Wildman–Crippen LogP) is 4.08. The lowest BCUT2D eigenvalue weighted by Crippen LogP contribution is -2.18. The lowest BCUT2D eigenvalue weighted by atomic mass is 10.2. The minimum absolute atomic E-state index is 0.0447. The molecule has 0 aliphatic carbocycles. The molecule has 0 aromatic heterocycles. The van der Waals surface area contributed by atoms with Gasteiger partial charge in [0.2, 0.25) is 5.91 Å². The smallest absolute Gasteiger partial charge is 0.227 e. The molecule has 2 aromatic rings. The first-order chi connectivity index (χ1) is 10.1. The zero-order chi connectivity index (χ0) is 15.2. The first-order valence-electron chi connectivity index (χ1n) is 6.82. The van der Waals surface area contributed by atoms with Crippen LogP contribution in [0.3, 0.4) is 0 Å². The largest absolute Gasteiger partial charge is 0.497 e. The normalized spacial score (nSPS) is 10.3. The molecule has 21 heavy (non-hydrogen) atoms. The molecule has 1 N–H and O–H groups in total. The van der Waals surface area contributed by atoms with Crippen LogP contribution in [0.5, 0.6) is 17.2 Å². The highest BCUT2D eigenvalue weighted by molar-refractivity contribution is 5.93. The van der Waals surface area contributed by atoms with E-state index in [9.17, 15) is 4.79 Å². The Hall–Kier alpha value is -2.49. The molecular weight excluding hydrogens is 266 g/mol. The highest BCUT2D eigenvalue weighted by Crippen LogP contribution is 2.31. The van der Waals surface area contributed by atoms with Gasteiger partial charge in [-0.25, -0.2) is 0 Å². The van der Waals surface area contributed by atoms with Crippen molar-refractivity contribution in [2.75, 3.05) is 12.4 Å². The fourth-order valence-electron chi connectivity index (χ4n) is 1.73. The van der Waals surface area contributed by atoms with E-state index in [0.29, 0.717) is 17.2 Å². The summed E-state index contributed by atoms with van der Waals surface area (Å²) in [5.41, 5.74) is 0.652. The van der Waals surface area contributed by atoms with Crippen molar-refractivity contribution in [2.24, 2.45) is 5.92 Å². The van der Waals surface area contributed by atoms with E-state index in [1.165, 1.54) is 0 Å². The van der Waals surface area contributed by atoms with Crippen LogP contribution in [0.25, 0.3) is 0 Å². The molecule has 0 fully saturated rings. The number of para-hydroxylation sites is 2. The Morgan fingerprint density at radius 3 is 2.48 bits per heavy atom. The first kappa shape index (κ1) is 14.9. The van der Waals surface area contributed by atoms with E-state index >= 15 is 0 Å². The summed E-state index contributed by atoms with van der Waals surface area (Å²) < 4.78 is 11.0. The molecule has 2 rings (SSSR count). The van der Waals surface area contributed by atoms with Crippen LogP contribution in [0, 0.1) is 5.92 Å². The highest BCUT2D eigenvalue weighted by atomic mass is 16.5. The second-order valence-electron chi connectivity index (χ2n) is 4.92. The van der Waals surface area contributed by atoms with Gasteiger partial charge >= 0.3 is 0 Å². The van der Waals surface area contributed by atoms with Crippen LogP contribution in [-0.2, 0) is 4.79 Å². The summed E-state index contributed by atoms with van der Waals surface area (Å²) >= 11 is 0. The summed E-state index contributed by atoms with van der Waals surface area (Å²) in [6, 6.07) is 14.7. The average molecular weight is 285 g/mol. The number of benzene rings is 2. The zero-order valence-electron chi connectivity index (χ0n) is 12.4. The molecule has 0 aliphatic rings. The van der Waals surface area contributed by atoms with Gasteiger partial charge in [-0.05, 0) is 24.3 Å². The van der Waals surface area contributed by atoms with Crippen molar-refractivity contribution in [3.63, 3.8) is 0 Å². The maximum atomic E-state index is 11.8. The molecule has 4 nitrogen and oxygen atoms in total. The van der Waals surface area contributed by atoms with Gasteiger partial charge in [0, 0.05) is 12.0 Å². The average Bonchev–Trinajstić information content (AvgIpc) is 2.49. The summed E-state index contributed by atoms with van der Waals surface area (Å²) in [6.45, 7) is 3.70. The highest BCUT2D eigenvalue weighted by Gasteiger charge is 2.11. The second-order valence-corrected chi connectivity index (χ2v) is 4.92. The standard InChI is InChI=1S/C17H19NO3/c1-12(2)17(19)18-15-9-4-5-10-16(15)21-14-8-6-7-13(11-14)20-3/h4-12H,1-3H3,(H,18,19). The quantitative estimate of drug-likeness (QED) is 0.900. The molecule has 2 aromatic carbocycles. The zero-order valence-corrected chi connectivity index (χ0v) is 12.4. The number of hydrogen-bond donors (Lipinski definition) is 1. The SMILES string of the molecule is COc1cccc(Oc2ccccc2NC(=O)C(C)C)c1. The van der Waals surface area contributed by atoms with Crippen molar-refractivity contribution in [3.8, 4) is 17.2 Å². The van der Waals surface area contributed by atoms with Gasteiger partial charge in [-0.1, -0.05) is 32.0 Å². The summed E-state index contributed by atoms with van der Waals surface area (Å²) in [5, 5.41) is 2.86. The Morgan fingerprint density at radius 2 is 1.76 bits per heavy atom. The van der Waals surface area contributed by atoms with Crippen LogP contribution >= 0.6 is 0 Å². The Labute approximate surface area is 124 Å². The van der Waals surface area contributed by atoms with Crippen LogP contribution in [-0.4, -0.2) is 13.0 Å². The third kappa shape index (κ3) is 3.99. The van der Waals surface area contributed by atoms with E-state index in [2.05, 4.69) is 5.32 Å². The van der Waals surface area contributed by atoms with Crippen LogP contribution in [0.2, 0.25) is 0 Å². The number of hydrogen-bond acceptors (Lipinski definition) is 3. The van der Waals surface area contributed by atoms with Crippen molar-refractivity contribution < 1.29 is 14.3 Å². The molecule has 4 heteroatoms. The summed E-state index contributed by atoms with van der Waals surface area (Å²) in [4.78, 5) is 11.8. The molecule has 110 valence electrons. The Kier molecular flexibility index (Phi) is 4.82. The van der Waals surface area contributed by atoms with Crippen molar-refractivity contribution in [1.29, 1.82) is 0 Å². The van der Waals surface area contributed by atoms with Crippen molar-refractivity contribution in [3.05, 3.63) is 48.5 Å². The van der Waals surface area contributed by atoms with E-state index in [4.69, 9.17) is 9.47 Å². The minimum atomic E-state index is -0.0881. The number of carbonyl (C=O) groups excluding carboxylic acids is 1. The van der Waals surface area contributed by atoms with Gasteiger partial charge in [-0.3, -0.25) is 4.79 Å². The van der Waals surface area contributed by atoms with Gasteiger partial charge in [0.25, 0.3) is 0 Å². The third-order valence-corrected chi connectivity index (χ3v) is 2.94. The molecule has 0 saturated carbocycles. The maximum absolute atomic E-state index is 11.8. The number of amides is 1. The van der Waals surface area contributed by atoms with Crippen LogP contribution in [0.15, 0.2) is 48.5 Å². The Bertz CT molecular complexity index is 623. The number of nitrogens with one attached hydrogen (secondary N) is 1. The van der Waals surface area contributed by atoms with Gasteiger partial charge in [-0.15, -0.1) is 0 Å². The van der Waals surface area contributed by atoms with Crippen LogP contribution in [0.1, 0.15) is 13.8 Å². The topological polar surface area (TPSA) is 47.6 Å². The van der Waals surface area contributed by atoms with Crippen molar-refractivity contribution >= 4 is 11.6 Å². The number of rotatable bonds is 5. The van der Waals surface area contributed by atoms with Crippen molar-refractivity contribution in [1.82, 2.24) is 0 Å². The number of carbonyl (C=O) groups is 1. The molecule has 0 atom stereocenters. The monoisotopic (exact) mass is 285 g/mol. The van der Waals surface area contributed by atoms with Crippen molar-refractivity contribution in [2.45, 2.75) is 13.8 Å². The molecule has 0 aliphatic heterocycles. The van der Waals surface area contributed by atoms with E-state index < -0.39 is 0 Å². The molecule has 0 unspecified atom stereocenters. The number of anilines is 1. The molecule has 1 amide bonds. The molecule has 0 spiro atoms. The van der Waals surface area contributed by atoms with Gasteiger partial charge in [0.05, 0.1) is 12.8 Å². The molecule has 0 bridgehead atoms. The summed E-state index contributed by atoms with van der Waals surface area (Å²) in [7, 11) is 1.61. The van der Waals surface area contributed by atoms with Gasteiger partial charge in [0.15, 0.2) is 5.75 Å². The van der Waals surface area contributed by atoms with Crippen LogP contribution in [0.4, 0.5) is 5.69 Å². The summed E-state index contributed by atoms with van der Waals surface area (Å²) in [6.07, 6.45) is 0. The Balaban J connectivity index is 2.21. The predicted molar refractivity (Wildman–Crippen MR) is 83.0 cm³/mol. The molecule has 0 saturated heterocycles. The number of ether oxygens (including phenoxy) is 2. The molecule has 0 heterocycles. The molecule has 0 radical (unpaired) electrons. The molecular formula is C17H19NO3. The van der Waals surface area contributed by atoms with E-state index in [1.54, 1.807) is 13.2 Å². The summed E-state index contributed by atoms with van der Waals surface area (Å²) in [5.74, 6) is 1.84. The third-order valence-electron chi connectivity index (χ3n) is 2.94. The van der Waals surface area contributed by atoms with E-state index in [1.807, 2.05) is 56.3 Å². The van der Waals surface area contributed by atoms with Gasteiger partial charge in [-0.2, -0.15) is 0 Å². The fourth-order valence-corrected chi connectivity index (χ4v) is 1.73. The lowest BCUT2D eigenvalue weighted by Gasteiger charge is -2.13. The number of methoxy groups -OCH3 is 1. The first-order valence-corrected chi connectivity index (χ1v) is 6.82. The minimum Gasteiger partial charge on any atom is -0.497 e. The van der Waals surface area contributed by atoms with E-state index in [-0.39, 0.29) is 11.8 Å². The van der Waals surface area contributed by atoms with Gasteiger partial charge in [0.1, 0.15) is 11.5 Å². The second kappa shape index (κ2) is 6.79. The maximum Gasteiger partial charge on any atom is 0.227 e. The lowest BCUT2D eigenvalue weighted by molar-refractivity contribution is -0.118. The van der Waals surface area contributed by atoms with Gasteiger partial charge < -0.3 is 14.8 Å². The van der Waals surface area contributed by atoms with Crippen LogP contribution < -0.4 is 14.8 Å². The Morgan fingerprint density at radius 1 is 1.05 bits per heavy atom. The fraction of sp³-hybridized carbons (Fsp3) is 0.235. The van der Waals surface area contributed by atoms with E-state index in [0.717, 1.165) is 5.75 Å².